The van der Waals surface area contributed by atoms with Crippen LogP contribution in [-0.4, -0.2) is 46.2 Å². The second-order valence-corrected chi connectivity index (χ2v) is 1.62. The first kappa shape index (κ1) is 9.22. The maximum atomic E-state index is 9.59. The highest BCUT2D eigenvalue weighted by Crippen LogP contribution is 1.94. The molecule has 0 aromatic carbocycles. The fraction of sp³-hybridized carbons (Fsp3) is 0.600. The van der Waals surface area contributed by atoms with Crippen molar-refractivity contribution in [3.63, 3.8) is 0 Å². The third-order valence-corrected chi connectivity index (χ3v) is 0.888. The van der Waals surface area contributed by atoms with Crippen LogP contribution in [0.4, 0.5) is 0 Å². The molecule has 3 N–H and O–H groups in total. The Morgan fingerprint density at radius 1 is 0.900 bits per heavy atom. The average Bonchev–Trinajstić information content (AvgIpc) is 2.00. The van der Waals surface area contributed by atoms with E-state index in [-0.39, 0.29) is 0 Å². The lowest BCUT2D eigenvalue weighted by Gasteiger charge is -2.11. The van der Waals surface area contributed by atoms with E-state index in [1.807, 2.05) is 0 Å². The van der Waals surface area contributed by atoms with Gasteiger partial charge in [0.1, 0.15) is 18.3 Å². The fourth-order valence-corrected chi connectivity index (χ4v) is 0.312. The molecule has 0 aliphatic rings. The Morgan fingerprint density at radius 2 is 1.20 bits per heavy atom. The number of hydrogen-bond acceptors (Lipinski definition) is 5. The zero-order valence-electron chi connectivity index (χ0n) is 4.89. The maximum Gasteiger partial charge on any atom is 0.232 e. The van der Waals surface area contributed by atoms with Crippen molar-refractivity contribution in [2.75, 3.05) is 0 Å². The molecule has 10 heavy (non-hydrogen) atoms. The molecule has 2 radical (unpaired) electrons. The van der Waals surface area contributed by atoms with Crippen LogP contribution in [0.5, 0.6) is 0 Å². The Kier molecular flexibility index (Phi) is 3.78. The van der Waals surface area contributed by atoms with E-state index in [1.54, 1.807) is 0 Å². The lowest BCUT2D eigenvalue weighted by Crippen LogP contribution is -2.38. The van der Waals surface area contributed by atoms with Crippen LogP contribution in [0.3, 0.4) is 0 Å². The van der Waals surface area contributed by atoms with E-state index in [2.05, 4.69) is 0 Å². The van der Waals surface area contributed by atoms with Crippen molar-refractivity contribution in [2.45, 2.75) is 18.3 Å². The van der Waals surface area contributed by atoms with Gasteiger partial charge in [-0.1, -0.05) is 0 Å². The SMILES string of the molecule is O=[C][C@@H](O)[C@H](O)[C@@H](O)[C]=O. The van der Waals surface area contributed by atoms with Crippen molar-refractivity contribution in [1.29, 1.82) is 0 Å². The first-order valence-corrected chi connectivity index (χ1v) is 2.43. The Balaban J connectivity index is 3.91. The largest absolute Gasteiger partial charge is 0.387 e. The molecule has 0 bridgehead atoms. The van der Waals surface area contributed by atoms with E-state index in [0.717, 1.165) is 12.6 Å². The van der Waals surface area contributed by atoms with E-state index < -0.39 is 18.3 Å². The van der Waals surface area contributed by atoms with Crippen molar-refractivity contribution < 1.29 is 24.9 Å². The van der Waals surface area contributed by atoms with Gasteiger partial charge in [-0.05, 0) is 0 Å². The van der Waals surface area contributed by atoms with E-state index in [0.29, 0.717) is 0 Å². The zero-order chi connectivity index (χ0) is 8.15. The van der Waals surface area contributed by atoms with Gasteiger partial charge in [0.15, 0.2) is 0 Å². The van der Waals surface area contributed by atoms with Crippen LogP contribution < -0.4 is 0 Å². The molecule has 0 aliphatic carbocycles. The van der Waals surface area contributed by atoms with Crippen molar-refractivity contribution in [1.82, 2.24) is 0 Å². The van der Waals surface area contributed by atoms with Crippen LogP contribution in [0.25, 0.3) is 0 Å². The molecule has 0 amide bonds. The second-order valence-electron chi connectivity index (χ2n) is 1.62. The molecule has 0 heterocycles. The smallest absolute Gasteiger partial charge is 0.232 e. The Bertz CT molecular complexity index is 109. The summed E-state index contributed by atoms with van der Waals surface area (Å²) in [5.74, 6) is 0. The molecule has 56 valence electrons. The van der Waals surface area contributed by atoms with E-state index in [1.165, 1.54) is 0 Å². The van der Waals surface area contributed by atoms with Gasteiger partial charge in [0.05, 0.1) is 0 Å². The summed E-state index contributed by atoms with van der Waals surface area (Å²) in [7, 11) is 0. The summed E-state index contributed by atoms with van der Waals surface area (Å²) >= 11 is 0. The van der Waals surface area contributed by atoms with Gasteiger partial charge in [-0.25, -0.2) is 0 Å². The number of rotatable bonds is 4. The average molecular weight is 146 g/mol. The highest BCUT2D eigenvalue weighted by molar-refractivity contribution is 5.63. The van der Waals surface area contributed by atoms with Crippen LogP contribution in [-0.2, 0) is 9.59 Å². The van der Waals surface area contributed by atoms with E-state index >= 15 is 0 Å². The normalized spacial score (nSPS) is 19.1. The predicted molar refractivity (Wildman–Crippen MR) is 29.4 cm³/mol. The highest BCUT2D eigenvalue weighted by atomic mass is 16.4. The number of hydrogen-bond donors (Lipinski definition) is 3. The Labute approximate surface area is 56.9 Å². The van der Waals surface area contributed by atoms with E-state index in [4.69, 9.17) is 15.3 Å². The van der Waals surface area contributed by atoms with Gasteiger partial charge < -0.3 is 15.3 Å². The van der Waals surface area contributed by atoms with Gasteiger partial charge in [0, 0.05) is 0 Å². The summed E-state index contributed by atoms with van der Waals surface area (Å²) in [4.78, 5) is 19.2. The van der Waals surface area contributed by atoms with E-state index in [9.17, 15) is 9.59 Å². The van der Waals surface area contributed by atoms with Crippen molar-refractivity contribution in [3.8, 4) is 0 Å². The first-order chi connectivity index (χ1) is 4.63. The molecule has 0 fully saturated rings. The second kappa shape index (κ2) is 4.10. The molecule has 0 rings (SSSR count). The lowest BCUT2D eigenvalue weighted by molar-refractivity contribution is -0.00680. The zero-order valence-corrected chi connectivity index (χ0v) is 4.89. The van der Waals surface area contributed by atoms with Crippen LogP contribution in [0.15, 0.2) is 0 Å². The van der Waals surface area contributed by atoms with Gasteiger partial charge in [-0.15, -0.1) is 0 Å². The minimum absolute atomic E-state index is 0.997. The molecule has 0 aromatic heterocycles. The maximum absolute atomic E-state index is 9.59. The minimum atomic E-state index is -1.86. The summed E-state index contributed by atoms with van der Waals surface area (Å²) < 4.78 is 0. The molecular formula is C5H6O5. The quantitative estimate of drug-likeness (QED) is 0.401. The third kappa shape index (κ3) is 2.22. The topological polar surface area (TPSA) is 94.8 Å². The van der Waals surface area contributed by atoms with Crippen molar-refractivity contribution >= 4 is 12.6 Å². The standard InChI is InChI=1S/C5H6O5/c6-1-3(8)5(10)4(9)2-7/h3-5,8-10H/t3-,4+,5+. The Hall–Kier alpha value is -0.780. The fourth-order valence-electron chi connectivity index (χ4n) is 0.312. The summed E-state index contributed by atoms with van der Waals surface area (Å²) in [6, 6.07) is 0. The van der Waals surface area contributed by atoms with Crippen molar-refractivity contribution in [2.24, 2.45) is 0 Å². The predicted octanol–water partition coefficient (Wildman–Crippen LogP) is -2.71. The molecule has 0 saturated heterocycles. The number of carbonyl (C=O) groups excluding carboxylic acids is 2. The number of aliphatic hydroxyl groups excluding tert-OH is 3. The Morgan fingerprint density at radius 3 is 1.40 bits per heavy atom. The van der Waals surface area contributed by atoms with Gasteiger partial charge in [-0.2, -0.15) is 0 Å². The van der Waals surface area contributed by atoms with Gasteiger partial charge in [-0.3, -0.25) is 9.59 Å². The summed E-state index contributed by atoms with van der Waals surface area (Å²) in [6.45, 7) is 0. The van der Waals surface area contributed by atoms with Gasteiger partial charge >= 0.3 is 0 Å². The van der Waals surface area contributed by atoms with Crippen LogP contribution >= 0.6 is 0 Å². The molecule has 0 spiro atoms. The van der Waals surface area contributed by atoms with Crippen LogP contribution in [0.1, 0.15) is 0 Å². The minimum Gasteiger partial charge on any atom is -0.387 e. The monoisotopic (exact) mass is 146 g/mol. The molecule has 0 saturated carbocycles. The summed E-state index contributed by atoms with van der Waals surface area (Å²) in [5, 5.41) is 25.4. The van der Waals surface area contributed by atoms with Crippen molar-refractivity contribution in [3.05, 3.63) is 0 Å². The molecule has 3 atom stereocenters. The third-order valence-electron chi connectivity index (χ3n) is 0.888. The molecule has 0 aromatic rings. The van der Waals surface area contributed by atoms with Gasteiger partial charge in [0.2, 0.25) is 12.6 Å². The van der Waals surface area contributed by atoms with Crippen LogP contribution in [0, 0.1) is 0 Å². The first-order valence-electron chi connectivity index (χ1n) is 2.43. The van der Waals surface area contributed by atoms with Crippen LogP contribution in [0.2, 0.25) is 0 Å². The molecule has 0 aliphatic heterocycles. The molecular weight excluding hydrogens is 140 g/mol. The molecule has 5 nitrogen and oxygen atoms in total. The van der Waals surface area contributed by atoms with Gasteiger partial charge in [0.25, 0.3) is 0 Å². The summed E-state index contributed by atoms with van der Waals surface area (Å²) in [5.41, 5.74) is 0. The lowest BCUT2D eigenvalue weighted by atomic mass is 10.1. The number of aliphatic hydroxyl groups is 3. The molecule has 0 unspecified atom stereocenters. The summed E-state index contributed by atoms with van der Waals surface area (Å²) in [6.07, 6.45) is -3.57. The molecule has 5 heteroatoms. The highest BCUT2D eigenvalue weighted by Gasteiger charge is 2.24.